The Hall–Kier alpha value is -0.340. The van der Waals surface area contributed by atoms with Crippen LogP contribution in [0.25, 0.3) is 0 Å². The van der Waals surface area contributed by atoms with Gasteiger partial charge in [-0.15, -0.1) is 0 Å². The van der Waals surface area contributed by atoms with Crippen molar-refractivity contribution in [3.05, 3.63) is 20.6 Å². The summed E-state index contributed by atoms with van der Waals surface area (Å²) in [4.78, 5) is 2.55. The Morgan fingerprint density at radius 2 is 1.92 bits per heavy atom. The van der Waals surface area contributed by atoms with Crippen molar-refractivity contribution in [1.82, 2.24) is 10.2 Å². The Morgan fingerprint density at radius 3 is 2.54 bits per heavy atom. The molecule has 0 unspecified atom stereocenters. The van der Waals surface area contributed by atoms with Gasteiger partial charge in [-0.05, 0) is 62.2 Å². The molecule has 0 spiro atoms. The summed E-state index contributed by atoms with van der Waals surface area (Å²) in [5.41, 5.74) is 1.17. The standard InChI is InChI=1S/C17H24Br2N2O3/c1-23-13-10-12(14(18)15(19)17(13)22)16(11-2-8-24-9-3-11)21-6-4-20-5-7-21/h10-11,16,20,22H,2-9H2,1H3/t16-/m1/s1. The lowest BCUT2D eigenvalue weighted by Crippen LogP contribution is -2.47. The van der Waals surface area contributed by atoms with Crippen LogP contribution in [0.2, 0.25) is 0 Å². The molecule has 2 aliphatic rings. The molecule has 2 fully saturated rings. The molecule has 7 heteroatoms. The van der Waals surface area contributed by atoms with Crippen LogP contribution >= 0.6 is 31.9 Å². The van der Waals surface area contributed by atoms with Crippen LogP contribution in [0.3, 0.4) is 0 Å². The molecule has 5 nitrogen and oxygen atoms in total. The highest BCUT2D eigenvalue weighted by Gasteiger charge is 2.34. The van der Waals surface area contributed by atoms with Crippen LogP contribution in [0.5, 0.6) is 11.5 Å². The lowest BCUT2D eigenvalue weighted by Gasteiger charge is -2.41. The van der Waals surface area contributed by atoms with Crippen molar-refractivity contribution in [2.24, 2.45) is 5.92 Å². The van der Waals surface area contributed by atoms with E-state index < -0.39 is 0 Å². The molecule has 0 bridgehead atoms. The summed E-state index contributed by atoms with van der Waals surface area (Å²) in [6.07, 6.45) is 2.11. The number of phenols is 1. The van der Waals surface area contributed by atoms with Crippen molar-refractivity contribution in [3.63, 3.8) is 0 Å². The quantitative estimate of drug-likeness (QED) is 0.717. The number of aromatic hydroxyl groups is 1. The molecule has 1 aromatic rings. The highest BCUT2D eigenvalue weighted by atomic mass is 79.9. The smallest absolute Gasteiger partial charge is 0.173 e. The predicted octanol–water partition coefficient (Wildman–Crippen LogP) is 3.30. The SMILES string of the molecule is COc1cc([C@@H](C2CCOCC2)N2CCNCC2)c(Br)c(Br)c1O. The van der Waals surface area contributed by atoms with Gasteiger partial charge in [0.15, 0.2) is 11.5 Å². The average molecular weight is 464 g/mol. The Bertz CT molecular complexity index is 555. The number of piperazine rings is 1. The Kier molecular flexibility index (Phi) is 6.43. The van der Waals surface area contributed by atoms with E-state index in [0.29, 0.717) is 16.1 Å². The van der Waals surface area contributed by atoms with E-state index in [1.54, 1.807) is 7.11 Å². The molecule has 1 aromatic carbocycles. The molecule has 2 saturated heterocycles. The van der Waals surface area contributed by atoms with Crippen molar-refractivity contribution in [2.45, 2.75) is 18.9 Å². The first kappa shape index (κ1) is 18.5. The number of nitrogens with one attached hydrogen (secondary N) is 1. The second-order valence-corrected chi connectivity index (χ2v) is 7.91. The molecule has 2 aliphatic heterocycles. The van der Waals surface area contributed by atoms with E-state index in [0.717, 1.165) is 56.7 Å². The number of nitrogens with zero attached hydrogens (tertiary/aromatic N) is 1. The van der Waals surface area contributed by atoms with Crippen LogP contribution in [-0.4, -0.2) is 56.5 Å². The molecule has 0 amide bonds. The molecule has 24 heavy (non-hydrogen) atoms. The third-order valence-electron chi connectivity index (χ3n) is 4.97. The normalized spacial score (nSPS) is 21.6. The molecule has 2 N–H and O–H groups in total. The van der Waals surface area contributed by atoms with Gasteiger partial charge in [-0.2, -0.15) is 0 Å². The van der Waals surface area contributed by atoms with Gasteiger partial charge in [0.05, 0.1) is 11.6 Å². The third kappa shape index (κ3) is 3.75. The van der Waals surface area contributed by atoms with Gasteiger partial charge in [-0.3, -0.25) is 4.90 Å². The number of halogens is 2. The monoisotopic (exact) mass is 462 g/mol. The Balaban J connectivity index is 2.02. The molecule has 0 radical (unpaired) electrons. The first-order valence-electron chi connectivity index (χ1n) is 8.40. The van der Waals surface area contributed by atoms with E-state index in [1.807, 2.05) is 6.07 Å². The maximum Gasteiger partial charge on any atom is 0.173 e. The number of ether oxygens (including phenoxy) is 2. The van der Waals surface area contributed by atoms with Crippen LogP contribution < -0.4 is 10.1 Å². The summed E-state index contributed by atoms with van der Waals surface area (Å²) in [6.45, 7) is 5.70. The zero-order valence-corrected chi connectivity index (χ0v) is 17.0. The molecule has 0 aromatic heterocycles. The maximum atomic E-state index is 10.3. The maximum absolute atomic E-state index is 10.3. The molecule has 1 atom stereocenters. The molecule has 0 aliphatic carbocycles. The number of phenolic OH excluding ortho intramolecular Hbond substituents is 1. The van der Waals surface area contributed by atoms with Gasteiger partial charge < -0.3 is 19.9 Å². The fourth-order valence-electron chi connectivity index (χ4n) is 3.72. The third-order valence-corrected chi connectivity index (χ3v) is 7.13. The van der Waals surface area contributed by atoms with Crippen molar-refractivity contribution in [3.8, 4) is 11.5 Å². The zero-order valence-electron chi connectivity index (χ0n) is 13.9. The largest absolute Gasteiger partial charge is 0.503 e. The molecule has 3 rings (SSSR count). The van der Waals surface area contributed by atoms with Crippen molar-refractivity contribution in [2.75, 3.05) is 46.5 Å². The number of hydrogen-bond acceptors (Lipinski definition) is 5. The summed E-state index contributed by atoms with van der Waals surface area (Å²) >= 11 is 7.20. The van der Waals surface area contributed by atoms with E-state index in [2.05, 4.69) is 42.1 Å². The average Bonchev–Trinajstić information content (AvgIpc) is 2.64. The summed E-state index contributed by atoms with van der Waals surface area (Å²) in [6, 6.07) is 2.27. The van der Waals surface area contributed by atoms with Crippen LogP contribution in [-0.2, 0) is 4.74 Å². The number of rotatable bonds is 4. The predicted molar refractivity (Wildman–Crippen MR) is 101 cm³/mol. The number of benzene rings is 1. The number of methoxy groups -OCH3 is 1. The summed E-state index contributed by atoms with van der Waals surface area (Å²) < 4.78 is 12.5. The van der Waals surface area contributed by atoms with Gasteiger partial charge in [0.25, 0.3) is 0 Å². The minimum atomic E-state index is 0.138. The molecule has 2 heterocycles. The van der Waals surface area contributed by atoms with Gasteiger partial charge in [0.1, 0.15) is 0 Å². The minimum Gasteiger partial charge on any atom is -0.503 e. The molecule has 0 saturated carbocycles. The highest BCUT2D eigenvalue weighted by Crippen LogP contribution is 2.47. The summed E-state index contributed by atoms with van der Waals surface area (Å²) in [5.74, 6) is 1.18. The summed E-state index contributed by atoms with van der Waals surface area (Å²) in [5, 5.41) is 13.7. The lowest BCUT2D eigenvalue weighted by atomic mass is 9.85. The first-order chi connectivity index (χ1) is 11.6. The fourth-order valence-corrected chi connectivity index (χ4v) is 4.68. The van der Waals surface area contributed by atoms with Crippen LogP contribution in [0.15, 0.2) is 15.0 Å². The van der Waals surface area contributed by atoms with E-state index in [-0.39, 0.29) is 11.8 Å². The van der Waals surface area contributed by atoms with Gasteiger partial charge in [-0.1, -0.05) is 0 Å². The van der Waals surface area contributed by atoms with Crippen LogP contribution in [0.4, 0.5) is 0 Å². The molecular formula is C17H24Br2N2O3. The van der Waals surface area contributed by atoms with E-state index in [4.69, 9.17) is 9.47 Å². The summed E-state index contributed by atoms with van der Waals surface area (Å²) in [7, 11) is 1.59. The Labute approximate surface area is 160 Å². The van der Waals surface area contributed by atoms with Crippen LogP contribution in [0, 0.1) is 5.92 Å². The topological polar surface area (TPSA) is 54.0 Å². The highest BCUT2D eigenvalue weighted by molar-refractivity contribution is 9.13. The second-order valence-electron chi connectivity index (χ2n) is 6.33. The van der Waals surface area contributed by atoms with Gasteiger partial charge in [-0.25, -0.2) is 0 Å². The van der Waals surface area contributed by atoms with Crippen molar-refractivity contribution in [1.29, 1.82) is 0 Å². The van der Waals surface area contributed by atoms with Gasteiger partial charge >= 0.3 is 0 Å². The Morgan fingerprint density at radius 1 is 1.25 bits per heavy atom. The van der Waals surface area contributed by atoms with Gasteiger partial charge in [0.2, 0.25) is 0 Å². The number of hydrogen-bond donors (Lipinski definition) is 2. The minimum absolute atomic E-state index is 0.138. The van der Waals surface area contributed by atoms with Crippen molar-refractivity contribution < 1.29 is 14.6 Å². The second kappa shape index (κ2) is 8.36. The molecular weight excluding hydrogens is 440 g/mol. The fraction of sp³-hybridized carbons (Fsp3) is 0.647. The first-order valence-corrected chi connectivity index (χ1v) is 9.99. The van der Waals surface area contributed by atoms with E-state index >= 15 is 0 Å². The zero-order chi connectivity index (χ0) is 17.1. The van der Waals surface area contributed by atoms with E-state index in [9.17, 15) is 5.11 Å². The van der Waals surface area contributed by atoms with Crippen LogP contribution in [0.1, 0.15) is 24.4 Å². The van der Waals surface area contributed by atoms with Crippen molar-refractivity contribution >= 4 is 31.9 Å². The van der Waals surface area contributed by atoms with E-state index in [1.165, 1.54) is 5.56 Å². The molecule has 134 valence electrons. The lowest BCUT2D eigenvalue weighted by molar-refractivity contribution is 0.0210. The van der Waals surface area contributed by atoms with Gasteiger partial charge in [0, 0.05) is 49.9 Å².